The highest BCUT2D eigenvalue weighted by Gasteiger charge is 2.33. The molecule has 3 aromatic rings. The molecule has 1 unspecified atom stereocenters. The van der Waals surface area contributed by atoms with E-state index >= 15 is 0 Å². The van der Waals surface area contributed by atoms with Gasteiger partial charge in [-0.05, 0) is 65.0 Å². The smallest absolute Gasteiger partial charge is 0.410 e. The third kappa shape index (κ3) is 7.07. The third-order valence-electron chi connectivity index (χ3n) is 8.17. The van der Waals surface area contributed by atoms with Crippen LogP contribution in [-0.2, 0) is 20.8 Å². The van der Waals surface area contributed by atoms with Crippen molar-refractivity contribution in [3.8, 4) is 0 Å². The number of hydrogen-bond donors (Lipinski definition) is 1. The molecule has 0 radical (unpaired) electrons. The average molecular weight is 627 g/mol. The molecule has 3 aliphatic heterocycles. The topological polar surface area (TPSA) is 117 Å². The first-order valence-corrected chi connectivity index (χ1v) is 15.8. The molecule has 2 aromatic heterocycles. The third-order valence-corrected chi connectivity index (χ3v) is 8.17. The molecule has 0 spiro atoms. The van der Waals surface area contributed by atoms with Gasteiger partial charge in [-0.25, -0.2) is 4.79 Å². The molecule has 242 valence electrons. The van der Waals surface area contributed by atoms with E-state index in [0.717, 1.165) is 53.3 Å². The van der Waals surface area contributed by atoms with E-state index in [-0.39, 0.29) is 12.0 Å². The molecule has 1 saturated heterocycles. The minimum absolute atomic E-state index is 0.133. The number of allylic oxidation sites excluding steroid dienone is 1. The number of aryl methyl sites for hydroxylation is 2. The van der Waals surface area contributed by atoms with Gasteiger partial charge >= 0.3 is 6.09 Å². The number of fused-ring (bicyclic) bond motifs is 2. The lowest BCUT2D eigenvalue weighted by Gasteiger charge is -2.35. The fourth-order valence-corrected chi connectivity index (χ4v) is 5.91. The zero-order chi connectivity index (χ0) is 32.4. The Morgan fingerprint density at radius 3 is 2.59 bits per heavy atom. The monoisotopic (exact) mass is 626 g/mol. The van der Waals surface area contributed by atoms with Gasteiger partial charge in [-0.15, -0.1) is 0 Å². The SMILES string of the molecule is Cc1cccc(Cn2nc(C)c3c(NC(=O)C4CN=C5C=C(OCCN6CCN(C(=O)OC(C)(C)C)CC6)C=CN54)cccc32)n1. The number of benzene rings is 1. The number of piperazine rings is 1. The van der Waals surface area contributed by atoms with Crippen molar-refractivity contribution in [2.45, 2.75) is 52.8 Å². The molecule has 6 rings (SSSR count). The Labute approximate surface area is 269 Å². The van der Waals surface area contributed by atoms with Crippen molar-refractivity contribution in [1.29, 1.82) is 0 Å². The van der Waals surface area contributed by atoms with Crippen LogP contribution in [0.5, 0.6) is 0 Å². The van der Waals surface area contributed by atoms with E-state index < -0.39 is 11.6 Å². The van der Waals surface area contributed by atoms with E-state index in [0.29, 0.717) is 44.4 Å². The maximum absolute atomic E-state index is 13.5. The van der Waals surface area contributed by atoms with Crippen LogP contribution < -0.4 is 5.32 Å². The number of rotatable bonds is 8. The van der Waals surface area contributed by atoms with Crippen molar-refractivity contribution in [2.75, 3.05) is 51.2 Å². The van der Waals surface area contributed by atoms with Crippen molar-refractivity contribution in [3.05, 3.63) is 77.6 Å². The second kappa shape index (κ2) is 13.0. The molecule has 1 atom stereocenters. The molecule has 2 amide bonds. The number of aliphatic imine (C=N–C) groups is 1. The molecule has 1 aromatic carbocycles. The minimum atomic E-state index is -0.494. The van der Waals surface area contributed by atoms with Crippen LogP contribution in [0.4, 0.5) is 10.5 Å². The van der Waals surface area contributed by atoms with Gasteiger partial charge in [0.15, 0.2) is 0 Å². The van der Waals surface area contributed by atoms with E-state index in [2.05, 4.69) is 20.2 Å². The Hall–Kier alpha value is -4.71. The lowest BCUT2D eigenvalue weighted by atomic mass is 10.1. The number of nitrogens with one attached hydrogen (secondary N) is 1. The first kappa shape index (κ1) is 31.3. The van der Waals surface area contributed by atoms with Crippen molar-refractivity contribution in [2.24, 2.45) is 4.99 Å². The van der Waals surface area contributed by atoms with Crippen LogP contribution in [0.1, 0.15) is 37.9 Å². The zero-order valence-corrected chi connectivity index (χ0v) is 27.2. The van der Waals surface area contributed by atoms with Gasteiger partial charge in [0.25, 0.3) is 0 Å². The highest BCUT2D eigenvalue weighted by atomic mass is 16.6. The summed E-state index contributed by atoms with van der Waals surface area (Å²) in [6.45, 7) is 14.5. The summed E-state index contributed by atoms with van der Waals surface area (Å²) in [6, 6.07) is 11.4. The summed E-state index contributed by atoms with van der Waals surface area (Å²) < 4.78 is 13.5. The summed E-state index contributed by atoms with van der Waals surface area (Å²) in [5.74, 6) is 1.28. The number of hydrogen-bond acceptors (Lipinski definition) is 9. The number of aromatic nitrogens is 3. The fourth-order valence-electron chi connectivity index (χ4n) is 5.91. The lowest BCUT2D eigenvalue weighted by Crippen LogP contribution is -2.50. The van der Waals surface area contributed by atoms with Crippen molar-refractivity contribution in [1.82, 2.24) is 29.5 Å². The van der Waals surface area contributed by atoms with Crippen molar-refractivity contribution < 1.29 is 19.1 Å². The summed E-state index contributed by atoms with van der Waals surface area (Å²) in [4.78, 5) is 41.0. The summed E-state index contributed by atoms with van der Waals surface area (Å²) in [5.41, 5.74) is 3.91. The summed E-state index contributed by atoms with van der Waals surface area (Å²) in [5, 5.41) is 8.82. The molecular formula is C34H42N8O4. The second-order valence-electron chi connectivity index (χ2n) is 12.8. The van der Waals surface area contributed by atoms with E-state index in [1.807, 2.05) is 99.0 Å². The van der Waals surface area contributed by atoms with Gasteiger partial charge < -0.3 is 24.6 Å². The maximum atomic E-state index is 13.5. The van der Waals surface area contributed by atoms with Crippen molar-refractivity contribution in [3.63, 3.8) is 0 Å². The first-order chi connectivity index (χ1) is 22.0. The predicted molar refractivity (Wildman–Crippen MR) is 177 cm³/mol. The zero-order valence-electron chi connectivity index (χ0n) is 27.2. The van der Waals surface area contributed by atoms with Crippen LogP contribution in [0, 0.1) is 13.8 Å². The molecule has 12 heteroatoms. The van der Waals surface area contributed by atoms with Gasteiger partial charge in [0.05, 0.1) is 35.7 Å². The van der Waals surface area contributed by atoms with Gasteiger partial charge in [-0.2, -0.15) is 5.10 Å². The molecule has 12 nitrogen and oxygen atoms in total. The average Bonchev–Trinajstić information content (AvgIpc) is 3.57. The number of ether oxygens (including phenoxy) is 2. The van der Waals surface area contributed by atoms with Crippen LogP contribution in [-0.4, -0.2) is 105 Å². The van der Waals surface area contributed by atoms with Crippen LogP contribution in [0.25, 0.3) is 10.9 Å². The molecule has 0 aliphatic carbocycles. The Bertz CT molecular complexity index is 1710. The molecule has 1 fully saturated rings. The van der Waals surface area contributed by atoms with Crippen LogP contribution in [0.3, 0.4) is 0 Å². The minimum Gasteiger partial charge on any atom is -0.492 e. The van der Waals surface area contributed by atoms with Gasteiger partial charge in [0.2, 0.25) is 5.91 Å². The molecule has 1 N–H and O–H groups in total. The largest absolute Gasteiger partial charge is 0.492 e. The molecule has 0 bridgehead atoms. The number of nitrogens with zero attached hydrogens (tertiary/aromatic N) is 7. The molecular weight excluding hydrogens is 584 g/mol. The fraction of sp³-hybridized carbons (Fsp3) is 0.441. The Morgan fingerprint density at radius 1 is 1.04 bits per heavy atom. The van der Waals surface area contributed by atoms with Gasteiger partial charge in [0, 0.05) is 56.1 Å². The van der Waals surface area contributed by atoms with Crippen LogP contribution in [0.2, 0.25) is 0 Å². The van der Waals surface area contributed by atoms with Gasteiger partial charge in [-0.1, -0.05) is 12.1 Å². The van der Waals surface area contributed by atoms with Gasteiger partial charge in [-0.3, -0.25) is 24.4 Å². The van der Waals surface area contributed by atoms with Crippen LogP contribution >= 0.6 is 0 Å². The number of amides is 2. The standard InChI is InChI=1S/C34H42N8O4/c1-23-8-6-9-25(36-23)22-42-28-11-7-10-27(31(28)24(2)38-42)37-32(43)29-21-35-30-20-26(12-13-41(29)30)45-19-18-39-14-16-40(17-15-39)33(44)46-34(3,4)5/h6-13,20,29H,14-19,21-22H2,1-5H3,(H,37,43). The van der Waals surface area contributed by atoms with Gasteiger partial charge in [0.1, 0.15) is 29.8 Å². The van der Waals surface area contributed by atoms with E-state index in [4.69, 9.17) is 14.6 Å². The van der Waals surface area contributed by atoms with E-state index in [1.165, 1.54) is 0 Å². The number of carbonyl (C=O) groups is 2. The first-order valence-electron chi connectivity index (χ1n) is 15.8. The Balaban J connectivity index is 1.01. The lowest BCUT2D eigenvalue weighted by molar-refractivity contribution is -0.118. The highest BCUT2D eigenvalue weighted by molar-refractivity contribution is 6.07. The Kier molecular flexibility index (Phi) is 8.81. The number of anilines is 1. The number of carbonyl (C=O) groups excluding carboxylic acids is 2. The van der Waals surface area contributed by atoms with E-state index in [1.54, 1.807) is 4.90 Å². The molecule has 3 aliphatic rings. The Morgan fingerprint density at radius 2 is 1.83 bits per heavy atom. The summed E-state index contributed by atoms with van der Waals surface area (Å²) in [7, 11) is 0. The number of amidine groups is 1. The molecule has 46 heavy (non-hydrogen) atoms. The molecule has 5 heterocycles. The van der Waals surface area contributed by atoms with Crippen LogP contribution in [0.15, 0.2) is 65.5 Å². The number of pyridine rings is 1. The molecule has 0 saturated carbocycles. The second-order valence-corrected chi connectivity index (χ2v) is 12.8. The summed E-state index contributed by atoms with van der Waals surface area (Å²) in [6.07, 6.45) is 5.36. The normalized spacial score (nSPS) is 18.3. The maximum Gasteiger partial charge on any atom is 0.410 e. The highest BCUT2D eigenvalue weighted by Crippen LogP contribution is 2.28. The summed E-state index contributed by atoms with van der Waals surface area (Å²) >= 11 is 0. The van der Waals surface area contributed by atoms with E-state index in [9.17, 15) is 9.59 Å². The quantitative estimate of drug-likeness (QED) is 0.397. The predicted octanol–water partition coefficient (Wildman–Crippen LogP) is 4.10. The van der Waals surface area contributed by atoms with Crippen molar-refractivity contribution >= 4 is 34.4 Å².